The van der Waals surface area contributed by atoms with E-state index in [2.05, 4.69) is 37.9 Å². The number of benzene rings is 1. The van der Waals surface area contributed by atoms with E-state index < -0.39 is 0 Å². The highest BCUT2D eigenvalue weighted by molar-refractivity contribution is 9.11. The maximum atomic E-state index is 5.41. The van der Waals surface area contributed by atoms with Crippen molar-refractivity contribution in [2.75, 3.05) is 14.2 Å². The molecule has 0 bridgehead atoms. The summed E-state index contributed by atoms with van der Waals surface area (Å²) in [5, 5.41) is 0. The third kappa shape index (κ3) is 3.91. The molecule has 4 heteroatoms. The molecule has 2 nitrogen and oxygen atoms in total. The molecule has 0 radical (unpaired) electrons. The first-order valence-corrected chi connectivity index (χ1v) is 8.92. The first-order valence-electron chi connectivity index (χ1n) is 7.21. The van der Waals surface area contributed by atoms with E-state index in [0.717, 1.165) is 21.9 Å². The Hall–Kier alpha value is -0.220. The van der Waals surface area contributed by atoms with E-state index >= 15 is 0 Å². The summed E-state index contributed by atoms with van der Waals surface area (Å²) in [5.74, 6) is 2.40. The number of hydrogen-bond donors (Lipinski definition) is 0. The van der Waals surface area contributed by atoms with Crippen molar-refractivity contribution in [2.24, 2.45) is 5.92 Å². The van der Waals surface area contributed by atoms with Gasteiger partial charge in [-0.15, -0.1) is 0 Å². The Morgan fingerprint density at radius 3 is 2.30 bits per heavy atom. The van der Waals surface area contributed by atoms with Crippen LogP contribution in [0.15, 0.2) is 16.6 Å². The number of alkyl halides is 1. The van der Waals surface area contributed by atoms with Crippen LogP contribution in [0.3, 0.4) is 0 Å². The minimum absolute atomic E-state index is 0.361. The van der Waals surface area contributed by atoms with Crippen molar-refractivity contribution in [2.45, 2.75) is 43.4 Å². The molecule has 1 atom stereocenters. The van der Waals surface area contributed by atoms with Crippen LogP contribution in [-0.2, 0) is 0 Å². The topological polar surface area (TPSA) is 18.5 Å². The third-order valence-corrected chi connectivity index (χ3v) is 5.66. The highest BCUT2D eigenvalue weighted by Gasteiger charge is 2.21. The standard InChI is InChI=1S/C16H22Br2O2/c1-19-15-9-12(14(18)10-16(15)20-2)13(17)8-11-6-4-3-5-7-11/h9-11,13H,3-8H2,1-2H3. The van der Waals surface area contributed by atoms with Crippen LogP contribution in [0.5, 0.6) is 11.5 Å². The Balaban J connectivity index is 2.13. The molecule has 1 aromatic carbocycles. The molecule has 0 heterocycles. The fourth-order valence-corrected chi connectivity index (χ4v) is 4.77. The van der Waals surface area contributed by atoms with Crippen LogP contribution in [0.25, 0.3) is 0 Å². The Morgan fingerprint density at radius 2 is 1.70 bits per heavy atom. The second-order valence-corrected chi connectivity index (χ2v) is 7.40. The summed E-state index contributed by atoms with van der Waals surface area (Å²) in [6, 6.07) is 4.06. The van der Waals surface area contributed by atoms with Crippen molar-refractivity contribution in [3.05, 3.63) is 22.2 Å². The van der Waals surface area contributed by atoms with E-state index in [4.69, 9.17) is 9.47 Å². The molecule has 20 heavy (non-hydrogen) atoms. The van der Waals surface area contributed by atoms with E-state index in [1.807, 2.05) is 6.07 Å². The van der Waals surface area contributed by atoms with E-state index in [9.17, 15) is 0 Å². The summed E-state index contributed by atoms with van der Waals surface area (Å²) in [5.41, 5.74) is 1.24. The van der Waals surface area contributed by atoms with Crippen LogP contribution >= 0.6 is 31.9 Å². The molecule has 0 spiro atoms. The zero-order valence-electron chi connectivity index (χ0n) is 12.1. The SMILES string of the molecule is COc1cc(Br)c(C(Br)CC2CCCCC2)cc1OC. The predicted octanol–water partition coefficient (Wildman–Crippen LogP) is 5.87. The van der Waals surface area contributed by atoms with Crippen LogP contribution in [-0.4, -0.2) is 14.2 Å². The lowest BCUT2D eigenvalue weighted by Gasteiger charge is -2.25. The molecule has 1 unspecified atom stereocenters. The molecule has 1 fully saturated rings. The molecule has 1 saturated carbocycles. The normalized spacial score (nSPS) is 17.8. The molecule has 1 aliphatic carbocycles. The fourth-order valence-electron chi connectivity index (χ4n) is 2.95. The maximum absolute atomic E-state index is 5.41. The van der Waals surface area contributed by atoms with Gasteiger partial charge in [0.2, 0.25) is 0 Å². The number of rotatable bonds is 5. The molecule has 1 aromatic rings. The third-order valence-electron chi connectivity index (χ3n) is 4.11. The smallest absolute Gasteiger partial charge is 0.161 e. The van der Waals surface area contributed by atoms with Crippen LogP contribution < -0.4 is 9.47 Å². The van der Waals surface area contributed by atoms with Crippen molar-refractivity contribution in [1.82, 2.24) is 0 Å². The number of ether oxygens (including phenoxy) is 2. The number of hydrogen-bond acceptors (Lipinski definition) is 2. The van der Waals surface area contributed by atoms with Gasteiger partial charge >= 0.3 is 0 Å². The lowest BCUT2D eigenvalue weighted by Crippen LogP contribution is -2.09. The number of halogens is 2. The minimum Gasteiger partial charge on any atom is -0.493 e. The second-order valence-electron chi connectivity index (χ2n) is 5.44. The van der Waals surface area contributed by atoms with Crippen LogP contribution in [0.2, 0.25) is 0 Å². The van der Waals surface area contributed by atoms with Gasteiger partial charge < -0.3 is 9.47 Å². The molecular formula is C16H22Br2O2. The van der Waals surface area contributed by atoms with Gasteiger partial charge in [0.1, 0.15) is 0 Å². The van der Waals surface area contributed by atoms with E-state index in [0.29, 0.717) is 4.83 Å². The van der Waals surface area contributed by atoms with E-state index in [-0.39, 0.29) is 0 Å². The van der Waals surface area contributed by atoms with Gasteiger partial charge in [-0.25, -0.2) is 0 Å². The molecule has 0 aliphatic heterocycles. The fraction of sp³-hybridized carbons (Fsp3) is 0.625. The van der Waals surface area contributed by atoms with Gasteiger partial charge in [-0.05, 0) is 30.0 Å². The van der Waals surface area contributed by atoms with Crippen molar-refractivity contribution in [3.63, 3.8) is 0 Å². The van der Waals surface area contributed by atoms with Gasteiger partial charge in [-0.2, -0.15) is 0 Å². The molecule has 112 valence electrons. The van der Waals surface area contributed by atoms with E-state index in [1.54, 1.807) is 14.2 Å². The molecule has 1 aliphatic rings. The molecule has 2 rings (SSSR count). The zero-order chi connectivity index (χ0) is 14.5. The first kappa shape index (κ1) is 16.2. The zero-order valence-corrected chi connectivity index (χ0v) is 15.3. The quantitative estimate of drug-likeness (QED) is 0.570. The van der Waals surface area contributed by atoms with Crippen molar-refractivity contribution in [1.29, 1.82) is 0 Å². The Labute approximate surface area is 138 Å². The van der Waals surface area contributed by atoms with Crippen molar-refractivity contribution >= 4 is 31.9 Å². The van der Waals surface area contributed by atoms with Crippen LogP contribution in [0.1, 0.15) is 48.9 Å². The van der Waals surface area contributed by atoms with Crippen molar-refractivity contribution in [3.8, 4) is 11.5 Å². The molecule has 0 saturated heterocycles. The maximum Gasteiger partial charge on any atom is 0.161 e. The van der Waals surface area contributed by atoms with Crippen molar-refractivity contribution < 1.29 is 9.47 Å². The molecule has 0 N–H and O–H groups in total. The first-order chi connectivity index (χ1) is 9.65. The average molecular weight is 406 g/mol. The predicted molar refractivity (Wildman–Crippen MR) is 90.1 cm³/mol. The number of methoxy groups -OCH3 is 2. The summed E-state index contributed by atoms with van der Waals surface area (Å²) in [6.45, 7) is 0. The van der Waals surface area contributed by atoms with Gasteiger partial charge in [0.05, 0.1) is 14.2 Å². The van der Waals surface area contributed by atoms with Crippen LogP contribution in [0.4, 0.5) is 0 Å². The lowest BCUT2D eigenvalue weighted by atomic mass is 9.85. The van der Waals surface area contributed by atoms with Gasteiger partial charge in [0.15, 0.2) is 11.5 Å². The van der Waals surface area contributed by atoms with E-state index in [1.165, 1.54) is 44.1 Å². The summed E-state index contributed by atoms with van der Waals surface area (Å²) in [7, 11) is 3.34. The Kier molecular flexibility index (Phi) is 6.21. The monoisotopic (exact) mass is 404 g/mol. The lowest BCUT2D eigenvalue weighted by molar-refractivity contribution is 0.337. The average Bonchev–Trinajstić information content (AvgIpc) is 2.47. The molecular weight excluding hydrogens is 384 g/mol. The van der Waals surface area contributed by atoms with Gasteiger partial charge in [0, 0.05) is 9.30 Å². The summed E-state index contributed by atoms with van der Waals surface area (Å²) < 4.78 is 11.8. The highest BCUT2D eigenvalue weighted by Crippen LogP contribution is 2.42. The van der Waals surface area contributed by atoms with Crippen LogP contribution in [0, 0.1) is 5.92 Å². The molecule has 0 amide bonds. The van der Waals surface area contributed by atoms with Gasteiger partial charge in [-0.1, -0.05) is 64.0 Å². The Morgan fingerprint density at radius 1 is 1.10 bits per heavy atom. The summed E-state index contributed by atoms with van der Waals surface area (Å²) in [4.78, 5) is 0.361. The Bertz CT molecular complexity index is 442. The summed E-state index contributed by atoms with van der Waals surface area (Å²) >= 11 is 7.51. The second kappa shape index (κ2) is 7.69. The minimum atomic E-state index is 0.361. The summed E-state index contributed by atoms with van der Waals surface area (Å²) in [6.07, 6.45) is 8.10. The highest BCUT2D eigenvalue weighted by atomic mass is 79.9. The molecule has 0 aromatic heterocycles. The van der Waals surface area contributed by atoms with Gasteiger partial charge in [-0.3, -0.25) is 0 Å². The largest absolute Gasteiger partial charge is 0.493 e. The van der Waals surface area contributed by atoms with Gasteiger partial charge in [0.25, 0.3) is 0 Å².